The fourth-order valence-corrected chi connectivity index (χ4v) is 3.56. The minimum Gasteiger partial charge on any atom is -0.482 e. The fourth-order valence-electron chi connectivity index (χ4n) is 3.56. The van der Waals surface area contributed by atoms with Crippen molar-refractivity contribution in [2.45, 2.75) is 13.0 Å². The molecule has 0 atom stereocenters. The van der Waals surface area contributed by atoms with Crippen molar-refractivity contribution in [3.8, 4) is 5.75 Å². The summed E-state index contributed by atoms with van der Waals surface area (Å²) in [6.07, 6.45) is 0.954. The van der Waals surface area contributed by atoms with Crippen LogP contribution in [0.1, 0.15) is 22.3 Å². The molecule has 0 aliphatic carbocycles. The molecule has 6 heteroatoms. The normalized spacial score (nSPS) is 17.5. The number of hydrogen-bond donors (Lipinski definition) is 1. The van der Waals surface area contributed by atoms with Crippen LogP contribution in [0.2, 0.25) is 0 Å². The van der Waals surface area contributed by atoms with Crippen molar-refractivity contribution in [1.29, 1.82) is 0 Å². The van der Waals surface area contributed by atoms with E-state index in [0.717, 1.165) is 32.6 Å². The van der Waals surface area contributed by atoms with Gasteiger partial charge in [-0.2, -0.15) is 0 Å². The predicted molar refractivity (Wildman–Crippen MR) is 103 cm³/mol. The van der Waals surface area contributed by atoms with Gasteiger partial charge in [0.1, 0.15) is 5.75 Å². The zero-order valence-corrected chi connectivity index (χ0v) is 15.2. The van der Waals surface area contributed by atoms with Crippen molar-refractivity contribution in [1.82, 2.24) is 9.80 Å². The highest BCUT2D eigenvalue weighted by atomic mass is 16.5. The molecule has 140 valence electrons. The molecule has 27 heavy (non-hydrogen) atoms. The van der Waals surface area contributed by atoms with E-state index in [4.69, 9.17) is 4.74 Å². The molecule has 0 spiro atoms. The predicted octanol–water partition coefficient (Wildman–Crippen LogP) is 2.37. The van der Waals surface area contributed by atoms with E-state index in [1.807, 2.05) is 11.0 Å². The van der Waals surface area contributed by atoms with Gasteiger partial charge in [0.2, 0.25) is 0 Å². The van der Waals surface area contributed by atoms with Gasteiger partial charge in [-0.25, -0.2) is 0 Å². The Bertz CT molecular complexity index is 838. The van der Waals surface area contributed by atoms with Gasteiger partial charge >= 0.3 is 0 Å². The number of amides is 2. The lowest BCUT2D eigenvalue weighted by Crippen LogP contribution is -2.35. The number of ether oxygens (including phenoxy) is 1. The smallest absolute Gasteiger partial charge is 0.262 e. The second-order valence-corrected chi connectivity index (χ2v) is 6.96. The number of nitrogens with one attached hydrogen (secondary N) is 1. The number of fused-ring (bicyclic) bond motifs is 1. The molecule has 4 rings (SSSR count). The number of benzene rings is 2. The summed E-state index contributed by atoms with van der Waals surface area (Å²) in [6, 6.07) is 15.6. The molecule has 0 aromatic heterocycles. The first-order valence-corrected chi connectivity index (χ1v) is 9.31. The number of rotatable bonds is 3. The van der Waals surface area contributed by atoms with Crippen molar-refractivity contribution in [3.63, 3.8) is 0 Å². The first kappa shape index (κ1) is 17.5. The van der Waals surface area contributed by atoms with Crippen LogP contribution in [0, 0.1) is 0 Å². The largest absolute Gasteiger partial charge is 0.482 e. The van der Waals surface area contributed by atoms with Crippen LogP contribution in [0.3, 0.4) is 0 Å². The van der Waals surface area contributed by atoms with E-state index in [9.17, 15) is 9.59 Å². The van der Waals surface area contributed by atoms with E-state index < -0.39 is 0 Å². The van der Waals surface area contributed by atoms with Gasteiger partial charge in [0.05, 0.1) is 5.69 Å². The van der Waals surface area contributed by atoms with Crippen LogP contribution < -0.4 is 10.1 Å². The van der Waals surface area contributed by atoms with Crippen molar-refractivity contribution >= 4 is 17.5 Å². The van der Waals surface area contributed by atoms with Gasteiger partial charge < -0.3 is 15.0 Å². The molecule has 0 radical (unpaired) electrons. The van der Waals surface area contributed by atoms with Gasteiger partial charge in [0.25, 0.3) is 11.8 Å². The van der Waals surface area contributed by atoms with E-state index in [-0.39, 0.29) is 18.4 Å². The first-order chi connectivity index (χ1) is 13.2. The average molecular weight is 365 g/mol. The number of carbonyl (C=O) groups excluding carboxylic acids is 2. The highest BCUT2D eigenvalue weighted by Crippen LogP contribution is 2.29. The summed E-state index contributed by atoms with van der Waals surface area (Å²) >= 11 is 0. The summed E-state index contributed by atoms with van der Waals surface area (Å²) in [5, 5.41) is 2.75. The van der Waals surface area contributed by atoms with Gasteiger partial charge in [0, 0.05) is 38.3 Å². The van der Waals surface area contributed by atoms with Crippen molar-refractivity contribution in [3.05, 3.63) is 59.7 Å². The molecule has 2 aromatic rings. The molecule has 1 N–H and O–H groups in total. The van der Waals surface area contributed by atoms with Crippen LogP contribution in [-0.4, -0.2) is 54.4 Å². The minimum absolute atomic E-state index is 0.0111. The van der Waals surface area contributed by atoms with Crippen LogP contribution in [-0.2, 0) is 11.3 Å². The average Bonchev–Trinajstić information content (AvgIpc) is 2.93. The van der Waals surface area contributed by atoms with Crippen LogP contribution in [0.5, 0.6) is 5.75 Å². The monoisotopic (exact) mass is 365 g/mol. The van der Waals surface area contributed by atoms with Crippen LogP contribution in [0.25, 0.3) is 0 Å². The maximum atomic E-state index is 12.9. The summed E-state index contributed by atoms with van der Waals surface area (Å²) in [5.74, 6) is 0.397. The van der Waals surface area contributed by atoms with Crippen molar-refractivity contribution < 1.29 is 14.3 Å². The fraction of sp³-hybridized carbons (Fsp3) is 0.333. The zero-order valence-electron chi connectivity index (χ0n) is 15.2. The summed E-state index contributed by atoms with van der Waals surface area (Å²) in [7, 11) is 0. The van der Waals surface area contributed by atoms with Gasteiger partial charge in [-0.1, -0.05) is 30.3 Å². The zero-order chi connectivity index (χ0) is 18.6. The Hall–Kier alpha value is -2.86. The SMILES string of the molecule is O=C1COc2cc(C(=O)N3CCCN(Cc4ccccc4)CC3)ccc2N1. The van der Waals surface area contributed by atoms with Gasteiger partial charge in [-0.3, -0.25) is 14.5 Å². The molecule has 2 heterocycles. The van der Waals surface area contributed by atoms with Crippen LogP contribution in [0.4, 0.5) is 5.69 Å². The highest BCUT2D eigenvalue weighted by Gasteiger charge is 2.23. The Morgan fingerprint density at radius 3 is 2.74 bits per heavy atom. The second-order valence-electron chi connectivity index (χ2n) is 6.96. The molecule has 2 aliphatic heterocycles. The van der Waals surface area contributed by atoms with Gasteiger partial charge in [-0.15, -0.1) is 0 Å². The quantitative estimate of drug-likeness (QED) is 0.907. The van der Waals surface area contributed by atoms with E-state index in [1.165, 1.54) is 5.56 Å². The lowest BCUT2D eigenvalue weighted by Gasteiger charge is -2.23. The molecule has 0 unspecified atom stereocenters. The van der Waals surface area contributed by atoms with Crippen LogP contribution in [0.15, 0.2) is 48.5 Å². The summed E-state index contributed by atoms with van der Waals surface area (Å²) in [5.41, 5.74) is 2.51. The Labute approximate surface area is 158 Å². The number of hydrogen-bond acceptors (Lipinski definition) is 4. The molecule has 1 saturated heterocycles. The van der Waals surface area contributed by atoms with E-state index in [0.29, 0.717) is 23.5 Å². The third-order valence-electron chi connectivity index (χ3n) is 4.99. The first-order valence-electron chi connectivity index (χ1n) is 9.31. The molecule has 2 aromatic carbocycles. The Morgan fingerprint density at radius 1 is 1.04 bits per heavy atom. The molecular weight excluding hydrogens is 342 g/mol. The summed E-state index contributed by atoms with van der Waals surface area (Å²) < 4.78 is 5.43. The lowest BCUT2D eigenvalue weighted by atomic mass is 10.1. The van der Waals surface area contributed by atoms with Gasteiger partial charge in [0.15, 0.2) is 6.61 Å². The maximum absolute atomic E-state index is 12.9. The number of nitrogens with zero attached hydrogens (tertiary/aromatic N) is 2. The molecule has 2 amide bonds. The molecule has 1 fully saturated rings. The van der Waals surface area contributed by atoms with Gasteiger partial charge in [-0.05, 0) is 30.2 Å². The Morgan fingerprint density at radius 2 is 1.89 bits per heavy atom. The lowest BCUT2D eigenvalue weighted by molar-refractivity contribution is -0.118. The van der Waals surface area contributed by atoms with Crippen LogP contribution >= 0.6 is 0 Å². The number of anilines is 1. The van der Waals surface area contributed by atoms with E-state index >= 15 is 0 Å². The van der Waals surface area contributed by atoms with E-state index in [1.54, 1.807) is 18.2 Å². The van der Waals surface area contributed by atoms with Crippen molar-refractivity contribution in [2.75, 3.05) is 38.1 Å². The number of carbonyl (C=O) groups is 2. The molecular formula is C21H23N3O3. The van der Waals surface area contributed by atoms with Crippen molar-refractivity contribution in [2.24, 2.45) is 0 Å². The molecule has 6 nitrogen and oxygen atoms in total. The molecule has 0 saturated carbocycles. The third kappa shape index (κ3) is 4.11. The minimum atomic E-state index is -0.174. The maximum Gasteiger partial charge on any atom is 0.262 e. The standard InChI is InChI=1S/C21H23N3O3/c25-20-15-27-19-13-17(7-8-18(19)22-20)21(26)24-10-4-9-23(11-12-24)14-16-5-2-1-3-6-16/h1-3,5-8,13H,4,9-12,14-15H2,(H,22,25). The third-order valence-corrected chi connectivity index (χ3v) is 4.99. The summed E-state index contributed by atoms with van der Waals surface area (Å²) in [6.45, 7) is 4.20. The topological polar surface area (TPSA) is 61.9 Å². The highest BCUT2D eigenvalue weighted by molar-refractivity contribution is 5.99. The summed E-state index contributed by atoms with van der Waals surface area (Å²) in [4.78, 5) is 28.6. The Balaban J connectivity index is 1.40. The molecule has 0 bridgehead atoms. The molecule has 2 aliphatic rings. The Kier molecular flexibility index (Phi) is 5.07. The van der Waals surface area contributed by atoms with E-state index in [2.05, 4.69) is 34.5 Å². The second kappa shape index (κ2) is 7.80.